The smallest absolute Gasteiger partial charge is 0.292 e. The normalized spacial score (nSPS) is 11.3. The van der Waals surface area contributed by atoms with Crippen molar-refractivity contribution in [3.05, 3.63) is 35.7 Å². The Kier molecular flexibility index (Phi) is 3.67. The molecule has 0 aliphatic rings. The van der Waals surface area contributed by atoms with E-state index in [-0.39, 0.29) is 23.6 Å². The van der Waals surface area contributed by atoms with E-state index in [1.54, 1.807) is 18.2 Å². The molecule has 3 aromatic rings. The van der Waals surface area contributed by atoms with Crippen LogP contribution in [0.3, 0.4) is 0 Å². The fourth-order valence-corrected chi connectivity index (χ4v) is 2.35. The van der Waals surface area contributed by atoms with E-state index >= 15 is 0 Å². The maximum atomic E-state index is 8.51. The van der Waals surface area contributed by atoms with E-state index in [1.807, 2.05) is 19.2 Å². The number of nitrogen functional groups attached to an aromatic ring is 2. The first kappa shape index (κ1) is 14.9. The summed E-state index contributed by atoms with van der Waals surface area (Å²) in [6.07, 6.45) is 1.40. The van der Waals surface area contributed by atoms with Gasteiger partial charge < -0.3 is 15.9 Å². The van der Waals surface area contributed by atoms with E-state index in [4.69, 9.17) is 21.3 Å². The summed E-state index contributed by atoms with van der Waals surface area (Å²) in [6.45, 7) is 4.07. The summed E-state index contributed by atoms with van der Waals surface area (Å²) < 4.78 is 5.32. The number of quaternary nitrogens is 1. The average molecular weight is 312 g/mol. The molecule has 118 valence electrons. The van der Waals surface area contributed by atoms with Crippen molar-refractivity contribution >= 4 is 34.5 Å². The minimum Gasteiger partial charge on any atom is -0.424 e. The molecule has 0 saturated carbocycles. The van der Waals surface area contributed by atoms with Crippen LogP contribution >= 0.6 is 0 Å². The van der Waals surface area contributed by atoms with Crippen LogP contribution in [0.2, 0.25) is 0 Å². The zero-order chi connectivity index (χ0) is 16.6. The van der Waals surface area contributed by atoms with Crippen LogP contribution in [0.5, 0.6) is 0 Å². The number of nitrogens with two attached hydrogens (primary N) is 3. The Morgan fingerprint density at radius 3 is 2.78 bits per heavy atom. The van der Waals surface area contributed by atoms with Crippen LogP contribution in [0.15, 0.2) is 28.9 Å². The maximum Gasteiger partial charge on any atom is 0.292 e. The van der Waals surface area contributed by atoms with Crippen molar-refractivity contribution < 1.29 is 9.73 Å². The van der Waals surface area contributed by atoms with Gasteiger partial charge in [0.05, 0.1) is 11.8 Å². The Balaban J connectivity index is 2.07. The zero-order valence-electron chi connectivity index (χ0n) is 12.9. The van der Waals surface area contributed by atoms with E-state index in [0.29, 0.717) is 28.0 Å². The Hall–Kier alpha value is -3.00. The largest absolute Gasteiger partial charge is 0.424 e. The molecule has 0 saturated heterocycles. The van der Waals surface area contributed by atoms with Gasteiger partial charge in [0.2, 0.25) is 5.82 Å². The first-order valence-electron chi connectivity index (χ1n) is 7.16. The van der Waals surface area contributed by atoms with Gasteiger partial charge in [-0.3, -0.25) is 10.7 Å². The Bertz CT molecular complexity index is 885. The highest BCUT2D eigenvalue weighted by Crippen LogP contribution is 2.23. The lowest BCUT2D eigenvalue weighted by atomic mass is 10.0. The SMILES string of the molecule is CC(C)[NH2+]c1ncnc(N)c1C(=N)c1ccc2nc(N)oc2c1. The molecule has 8 nitrogen and oxygen atoms in total. The summed E-state index contributed by atoms with van der Waals surface area (Å²) in [4.78, 5) is 12.3. The third-order valence-corrected chi connectivity index (χ3v) is 3.34. The highest BCUT2D eigenvalue weighted by Gasteiger charge is 2.20. The van der Waals surface area contributed by atoms with Crippen LogP contribution in [0, 0.1) is 5.41 Å². The van der Waals surface area contributed by atoms with E-state index in [2.05, 4.69) is 15.0 Å². The third kappa shape index (κ3) is 2.84. The number of anilines is 2. The molecule has 7 N–H and O–H groups in total. The Labute approximate surface area is 132 Å². The number of oxazole rings is 1. The molecule has 0 radical (unpaired) electrons. The highest BCUT2D eigenvalue weighted by atomic mass is 16.4. The molecule has 3 rings (SSSR count). The van der Waals surface area contributed by atoms with Gasteiger partial charge in [-0.25, -0.2) is 4.98 Å². The number of nitrogens with zero attached hydrogens (tertiary/aromatic N) is 3. The van der Waals surface area contributed by atoms with Gasteiger partial charge in [-0.05, 0) is 26.0 Å². The summed E-state index contributed by atoms with van der Waals surface area (Å²) >= 11 is 0. The monoisotopic (exact) mass is 312 g/mol. The van der Waals surface area contributed by atoms with Crippen LogP contribution in [0.25, 0.3) is 11.1 Å². The van der Waals surface area contributed by atoms with Gasteiger partial charge in [0.15, 0.2) is 5.58 Å². The van der Waals surface area contributed by atoms with Gasteiger partial charge in [-0.1, -0.05) is 6.07 Å². The predicted octanol–water partition coefficient (Wildman–Crippen LogP) is 0.802. The maximum absolute atomic E-state index is 8.51. The second-order valence-corrected chi connectivity index (χ2v) is 5.54. The molecule has 1 aromatic carbocycles. The molecule has 0 aliphatic carbocycles. The average Bonchev–Trinajstić information content (AvgIpc) is 2.85. The van der Waals surface area contributed by atoms with Crippen LogP contribution < -0.4 is 16.8 Å². The summed E-state index contributed by atoms with van der Waals surface area (Å²) in [5, 5.41) is 10.5. The van der Waals surface area contributed by atoms with Crippen LogP contribution in [0.4, 0.5) is 17.7 Å². The molecule has 0 bridgehead atoms. The highest BCUT2D eigenvalue weighted by molar-refractivity contribution is 6.16. The molecule has 0 aliphatic heterocycles. The van der Waals surface area contributed by atoms with E-state index in [9.17, 15) is 0 Å². The number of fused-ring (bicyclic) bond motifs is 1. The fourth-order valence-electron chi connectivity index (χ4n) is 2.35. The van der Waals surface area contributed by atoms with Crippen molar-refractivity contribution in [1.29, 1.82) is 5.41 Å². The molecular weight excluding hydrogens is 294 g/mol. The Morgan fingerprint density at radius 1 is 1.26 bits per heavy atom. The first-order chi connectivity index (χ1) is 11.0. The number of benzene rings is 1. The van der Waals surface area contributed by atoms with E-state index < -0.39 is 0 Å². The number of rotatable bonds is 4. The lowest BCUT2D eigenvalue weighted by Gasteiger charge is -2.11. The van der Waals surface area contributed by atoms with Gasteiger partial charge in [0.25, 0.3) is 6.01 Å². The summed E-state index contributed by atoms with van der Waals surface area (Å²) in [5.41, 5.74) is 14.1. The minimum atomic E-state index is 0.0973. The number of aromatic nitrogens is 3. The molecule has 0 atom stereocenters. The molecule has 0 fully saturated rings. The third-order valence-electron chi connectivity index (χ3n) is 3.34. The van der Waals surface area contributed by atoms with Gasteiger partial charge in [-0.2, -0.15) is 9.97 Å². The first-order valence-corrected chi connectivity index (χ1v) is 7.16. The van der Waals surface area contributed by atoms with Gasteiger partial charge >= 0.3 is 0 Å². The number of hydrogen-bond acceptors (Lipinski definition) is 7. The van der Waals surface area contributed by atoms with Gasteiger partial charge in [-0.15, -0.1) is 0 Å². The van der Waals surface area contributed by atoms with Gasteiger partial charge in [0.1, 0.15) is 23.2 Å². The van der Waals surface area contributed by atoms with Crippen molar-refractivity contribution in [2.24, 2.45) is 0 Å². The summed E-state index contributed by atoms with van der Waals surface area (Å²) in [7, 11) is 0. The van der Waals surface area contributed by atoms with E-state index in [0.717, 1.165) is 0 Å². The second kappa shape index (κ2) is 5.65. The molecule has 8 heteroatoms. The van der Waals surface area contributed by atoms with Crippen molar-refractivity contribution in [3.8, 4) is 0 Å². The number of nitrogens with one attached hydrogen (secondary N) is 1. The second-order valence-electron chi connectivity index (χ2n) is 5.54. The standard InChI is InChI=1S/C15H17N7O/c1-7(2)21-14-11(13(17)19-6-20-14)12(16)8-3-4-9-10(5-8)23-15(18)22-9/h3-7,16H,1-2H3,(H2,18,22)(H3,17,19,20,21)/p+1. The van der Waals surface area contributed by atoms with Crippen LogP contribution in [0.1, 0.15) is 25.0 Å². The molecule has 2 heterocycles. The summed E-state index contributed by atoms with van der Waals surface area (Å²) in [6, 6.07) is 5.61. The van der Waals surface area contributed by atoms with Crippen molar-refractivity contribution in [2.45, 2.75) is 19.9 Å². The van der Waals surface area contributed by atoms with Crippen LogP contribution in [-0.2, 0) is 0 Å². The molecule has 2 aromatic heterocycles. The van der Waals surface area contributed by atoms with Crippen LogP contribution in [-0.4, -0.2) is 26.7 Å². The lowest BCUT2D eigenvalue weighted by Crippen LogP contribution is -2.83. The fraction of sp³-hybridized carbons (Fsp3) is 0.200. The zero-order valence-corrected chi connectivity index (χ0v) is 12.9. The minimum absolute atomic E-state index is 0.0973. The Morgan fingerprint density at radius 2 is 2.04 bits per heavy atom. The molecule has 0 unspecified atom stereocenters. The van der Waals surface area contributed by atoms with Crippen molar-refractivity contribution in [2.75, 3.05) is 11.5 Å². The lowest BCUT2D eigenvalue weighted by molar-refractivity contribution is -0.606. The molecule has 23 heavy (non-hydrogen) atoms. The van der Waals surface area contributed by atoms with Crippen molar-refractivity contribution in [1.82, 2.24) is 15.0 Å². The predicted molar refractivity (Wildman–Crippen MR) is 87.5 cm³/mol. The molecule has 0 spiro atoms. The van der Waals surface area contributed by atoms with E-state index in [1.165, 1.54) is 6.33 Å². The summed E-state index contributed by atoms with van der Waals surface area (Å²) in [5.74, 6) is 0.920. The molecule has 0 amide bonds. The van der Waals surface area contributed by atoms with Gasteiger partial charge in [0, 0.05) is 5.56 Å². The van der Waals surface area contributed by atoms with Crippen molar-refractivity contribution in [3.63, 3.8) is 0 Å². The topological polar surface area (TPSA) is 144 Å². The molecular formula is C15H18N7O+. The number of hydrogen-bond donors (Lipinski definition) is 4. The quantitative estimate of drug-likeness (QED) is 0.524.